The van der Waals surface area contributed by atoms with Gasteiger partial charge in [0.1, 0.15) is 5.84 Å². The fourth-order valence-electron chi connectivity index (χ4n) is 8.36. The largest absolute Gasteiger partial charge is 0.296 e. The number of benzene rings is 8. The van der Waals surface area contributed by atoms with E-state index in [9.17, 15) is 0 Å². The van der Waals surface area contributed by atoms with Gasteiger partial charge >= 0.3 is 0 Å². The van der Waals surface area contributed by atoms with Crippen molar-refractivity contribution in [2.24, 2.45) is 9.98 Å². The van der Waals surface area contributed by atoms with Gasteiger partial charge in [-0.25, -0.2) is 9.98 Å². The van der Waals surface area contributed by atoms with Gasteiger partial charge in [-0.1, -0.05) is 195 Å². The van der Waals surface area contributed by atoms with Crippen LogP contribution < -0.4 is 0 Å². The highest BCUT2D eigenvalue weighted by Crippen LogP contribution is 2.42. The van der Waals surface area contributed by atoms with E-state index in [0.717, 1.165) is 51.2 Å². The van der Waals surface area contributed by atoms with Gasteiger partial charge in [-0.3, -0.25) is 4.57 Å². The maximum atomic E-state index is 5.56. The smallest absolute Gasteiger partial charge is 0.161 e. The highest BCUT2D eigenvalue weighted by molar-refractivity contribution is 6.21. The molecule has 0 fully saturated rings. The number of amidine groups is 1. The molecule has 0 saturated carbocycles. The van der Waals surface area contributed by atoms with Gasteiger partial charge in [0.2, 0.25) is 0 Å². The molecule has 0 atom stereocenters. The van der Waals surface area contributed by atoms with Crippen molar-refractivity contribution in [1.29, 1.82) is 0 Å². The summed E-state index contributed by atoms with van der Waals surface area (Å²) in [6, 6.07) is 73.7. The summed E-state index contributed by atoms with van der Waals surface area (Å²) in [4.78, 5) is 10.9. The lowest BCUT2D eigenvalue weighted by molar-refractivity contribution is 1.03. The van der Waals surface area contributed by atoms with Crippen molar-refractivity contribution >= 4 is 39.2 Å². The molecule has 0 aliphatic carbocycles. The van der Waals surface area contributed by atoms with E-state index in [0.29, 0.717) is 12.3 Å². The number of hydrogen-bond donors (Lipinski definition) is 0. The Labute approximate surface area is 339 Å². The summed E-state index contributed by atoms with van der Waals surface area (Å²) in [6.07, 6.45) is 1.51. The number of fused-ring (bicyclic) bond motifs is 3. The lowest BCUT2D eigenvalue weighted by Gasteiger charge is -2.17. The van der Waals surface area contributed by atoms with Crippen LogP contribution in [-0.4, -0.2) is 16.2 Å². The number of para-hydroxylation sites is 1. The first-order valence-corrected chi connectivity index (χ1v) is 20.1. The van der Waals surface area contributed by atoms with Gasteiger partial charge in [-0.2, -0.15) is 0 Å². The standard InChI is InChI=1S/C55H41N3/c1-2-38-37-52(56-55(46-23-13-6-14-24-46)57-53(38)45-21-11-5-12-22-45)58-51-26-16-15-25-48(51)50-36-47(43-29-27-41(28-30-43)39-17-7-3-8-18-39)35-49(54(50)58)44-33-31-42(32-34-44)40-19-9-4-10-20-40/h3-36H,2,37H2,1H3. The quantitative estimate of drug-likeness (QED) is 0.156. The summed E-state index contributed by atoms with van der Waals surface area (Å²) in [5, 5.41) is 2.38. The van der Waals surface area contributed by atoms with E-state index in [4.69, 9.17) is 9.98 Å². The van der Waals surface area contributed by atoms with E-state index in [1.54, 1.807) is 0 Å². The second-order valence-electron chi connectivity index (χ2n) is 14.8. The second kappa shape index (κ2) is 15.3. The van der Waals surface area contributed by atoms with Crippen molar-refractivity contribution in [2.75, 3.05) is 0 Å². The van der Waals surface area contributed by atoms with E-state index in [-0.39, 0.29) is 0 Å². The van der Waals surface area contributed by atoms with Gasteiger partial charge in [-0.05, 0) is 69.1 Å². The molecule has 58 heavy (non-hydrogen) atoms. The summed E-state index contributed by atoms with van der Waals surface area (Å²) in [5.74, 6) is 1.67. The van der Waals surface area contributed by atoms with E-state index in [1.807, 2.05) is 6.07 Å². The monoisotopic (exact) mass is 743 g/mol. The van der Waals surface area contributed by atoms with Gasteiger partial charge < -0.3 is 0 Å². The average Bonchev–Trinajstić information content (AvgIpc) is 3.51. The van der Waals surface area contributed by atoms with Crippen LogP contribution >= 0.6 is 0 Å². The highest BCUT2D eigenvalue weighted by Gasteiger charge is 2.24. The first-order valence-electron chi connectivity index (χ1n) is 20.1. The minimum atomic E-state index is 0.656. The first kappa shape index (κ1) is 35.1. The molecule has 1 aromatic heterocycles. The summed E-state index contributed by atoms with van der Waals surface area (Å²) in [6.45, 7) is 2.24. The topological polar surface area (TPSA) is 29.6 Å². The van der Waals surface area contributed by atoms with Gasteiger partial charge in [0.15, 0.2) is 5.84 Å². The fourth-order valence-corrected chi connectivity index (χ4v) is 8.36. The summed E-state index contributed by atoms with van der Waals surface area (Å²) in [5.41, 5.74) is 16.1. The van der Waals surface area contributed by atoms with Crippen molar-refractivity contribution in [2.45, 2.75) is 19.8 Å². The number of aromatic nitrogens is 1. The van der Waals surface area contributed by atoms with Crippen LogP contribution in [0.2, 0.25) is 0 Å². The first-order chi connectivity index (χ1) is 28.7. The number of allylic oxidation sites excluding steroid dienone is 1. The molecule has 3 heteroatoms. The Kier molecular flexibility index (Phi) is 9.25. The van der Waals surface area contributed by atoms with E-state index >= 15 is 0 Å². The molecule has 0 bridgehead atoms. The Bertz CT molecular complexity index is 2990. The molecule has 0 radical (unpaired) electrons. The zero-order valence-corrected chi connectivity index (χ0v) is 32.4. The zero-order chi connectivity index (χ0) is 38.8. The van der Waals surface area contributed by atoms with E-state index < -0.39 is 0 Å². The second-order valence-corrected chi connectivity index (χ2v) is 14.8. The van der Waals surface area contributed by atoms with Crippen LogP contribution in [0.1, 0.15) is 30.9 Å². The molecule has 0 saturated heterocycles. The van der Waals surface area contributed by atoms with Crippen LogP contribution in [0.5, 0.6) is 0 Å². The predicted octanol–water partition coefficient (Wildman–Crippen LogP) is 14.4. The van der Waals surface area contributed by atoms with Crippen LogP contribution in [0.15, 0.2) is 222 Å². The van der Waals surface area contributed by atoms with Crippen molar-refractivity contribution < 1.29 is 0 Å². The van der Waals surface area contributed by atoms with Crippen molar-refractivity contribution in [3.05, 3.63) is 223 Å². The molecule has 0 N–H and O–H groups in total. The van der Waals surface area contributed by atoms with Crippen LogP contribution in [0.25, 0.3) is 72.0 Å². The fraction of sp³-hybridized carbons (Fsp3) is 0.0545. The minimum absolute atomic E-state index is 0.656. The number of nitrogens with zero attached hydrogens (tertiary/aromatic N) is 3. The third kappa shape index (κ3) is 6.57. The molecule has 1 aliphatic heterocycles. The van der Waals surface area contributed by atoms with Crippen LogP contribution in [0.3, 0.4) is 0 Å². The van der Waals surface area contributed by atoms with Gasteiger partial charge in [0.05, 0.1) is 16.7 Å². The van der Waals surface area contributed by atoms with Gasteiger partial charge in [0.25, 0.3) is 0 Å². The van der Waals surface area contributed by atoms with E-state index in [1.165, 1.54) is 49.7 Å². The Morgan fingerprint density at radius 1 is 0.414 bits per heavy atom. The van der Waals surface area contributed by atoms with Crippen LogP contribution in [0.4, 0.5) is 0 Å². The summed E-state index contributed by atoms with van der Waals surface area (Å²) < 4.78 is 2.43. The predicted molar refractivity (Wildman–Crippen MR) is 245 cm³/mol. The maximum absolute atomic E-state index is 5.56. The normalized spacial score (nSPS) is 13.1. The van der Waals surface area contributed by atoms with Crippen LogP contribution in [-0.2, 0) is 0 Å². The Morgan fingerprint density at radius 3 is 1.45 bits per heavy atom. The highest BCUT2D eigenvalue weighted by atomic mass is 15.1. The van der Waals surface area contributed by atoms with Gasteiger partial charge in [-0.15, -0.1) is 0 Å². The zero-order valence-electron chi connectivity index (χ0n) is 32.4. The molecule has 3 nitrogen and oxygen atoms in total. The Hall–Kier alpha value is -7.36. The molecular weight excluding hydrogens is 703 g/mol. The van der Waals surface area contributed by atoms with Crippen molar-refractivity contribution in [1.82, 2.24) is 4.57 Å². The number of rotatable bonds is 7. The molecule has 0 unspecified atom stereocenters. The third-order valence-corrected chi connectivity index (χ3v) is 11.3. The molecule has 0 amide bonds. The maximum Gasteiger partial charge on any atom is 0.161 e. The Balaban J connectivity index is 1.23. The summed E-state index contributed by atoms with van der Waals surface area (Å²) in [7, 11) is 0. The molecule has 10 rings (SSSR count). The molecule has 1 aliphatic rings. The average molecular weight is 744 g/mol. The minimum Gasteiger partial charge on any atom is -0.296 e. The number of hydrogen-bond acceptors (Lipinski definition) is 2. The van der Waals surface area contributed by atoms with E-state index in [2.05, 4.69) is 212 Å². The lowest BCUT2D eigenvalue weighted by atomic mass is 9.93. The number of aliphatic imine (C=N–C) groups is 2. The van der Waals surface area contributed by atoms with Crippen LogP contribution in [0, 0.1) is 0 Å². The summed E-state index contributed by atoms with van der Waals surface area (Å²) >= 11 is 0. The SMILES string of the molecule is CCC1=C(c2ccccc2)N=C(c2ccccc2)N=C(n2c3ccccc3c3cc(-c4ccc(-c5ccccc5)cc4)cc(-c4ccc(-c5ccccc5)cc4)c32)C1. The third-order valence-electron chi connectivity index (χ3n) is 11.3. The van der Waals surface area contributed by atoms with Gasteiger partial charge in [0, 0.05) is 33.9 Å². The van der Waals surface area contributed by atoms with Crippen molar-refractivity contribution in [3.8, 4) is 44.5 Å². The Morgan fingerprint density at radius 2 is 0.879 bits per heavy atom. The van der Waals surface area contributed by atoms with Crippen molar-refractivity contribution in [3.63, 3.8) is 0 Å². The molecule has 9 aromatic rings. The molecular formula is C55H41N3. The molecule has 8 aromatic carbocycles. The molecule has 0 spiro atoms. The lowest BCUT2D eigenvalue weighted by Crippen LogP contribution is -2.15. The molecule has 2 heterocycles. The molecule has 276 valence electrons.